The molecule has 2 rings (SSSR count). The van der Waals surface area contributed by atoms with Gasteiger partial charge in [-0.1, -0.05) is 6.92 Å². The molecular weight excluding hydrogens is 236 g/mol. The van der Waals surface area contributed by atoms with Crippen molar-refractivity contribution in [1.29, 1.82) is 0 Å². The molecule has 2 heterocycles. The van der Waals surface area contributed by atoms with Gasteiger partial charge in [0.15, 0.2) is 0 Å². The van der Waals surface area contributed by atoms with E-state index in [9.17, 15) is 9.90 Å². The van der Waals surface area contributed by atoms with Crippen LogP contribution in [0.5, 0.6) is 0 Å². The lowest BCUT2D eigenvalue weighted by Gasteiger charge is -2.22. The van der Waals surface area contributed by atoms with E-state index in [0.29, 0.717) is 0 Å². The van der Waals surface area contributed by atoms with Gasteiger partial charge in [-0.3, -0.25) is 0 Å². The molecule has 1 aromatic heterocycles. The standard InChI is InChI=1S/C13H18O5/c1-6-7(2)17-8(3)11(6)12(14)9-4-5-10(18-9)13(15)16/h4-8,11-12,14H,1-3H3,(H,15,16). The van der Waals surface area contributed by atoms with Gasteiger partial charge in [0.25, 0.3) is 0 Å². The molecule has 1 saturated heterocycles. The summed E-state index contributed by atoms with van der Waals surface area (Å²) >= 11 is 0. The van der Waals surface area contributed by atoms with Crippen molar-refractivity contribution < 1.29 is 24.2 Å². The Bertz CT molecular complexity index is 438. The van der Waals surface area contributed by atoms with Gasteiger partial charge < -0.3 is 19.4 Å². The third kappa shape index (κ3) is 2.15. The van der Waals surface area contributed by atoms with Crippen molar-refractivity contribution in [2.45, 2.75) is 39.1 Å². The summed E-state index contributed by atoms with van der Waals surface area (Å²) < 4.78 is 10.8. The Morgan fingerprint density at radius 1 is 1.28 bits per heavy atom. The molecule has 5 atom stereocenters. The highest BCUT2D eigenvalue weighted by atomic mass is 16.5. The third-order valence-corrected chi connectivity index (χ3v) is 3.81. The number of furan rings is 1. The summed E-state index contributed by atoms with van der Waals surface area (Å²) in [7, 11) is 0. The molecule has 1 fully saturated rings. The first-order chi connectivity index (χ1) is 8.41. The second-order valence-corrected chi connectivity index (χ2v) is 4.93. The number of hydrogen-bond acceptors (Lipinski definition) is 4. The maximum Gasteiger partial charge on any atom is 0.371 e. The van der Waals surface area contributed by atoms with Crippen LogP contribution in [-0.2, 0) is 4.74 Å². The minimum Gasteiger partial charge on any atom is -0.475 e. The van der Waals surface area contributed by atoms with Crippen LogP contribution in [0.4, 0.5) is 0 Å². The normalized spacial score (nSPS) is 33.6. The Morgan fingerprint density at radius 2 is 1.94 bits per heavy atom. The second kappa shape index (κ2) is 4.74. The third-order valence-electron chi connectivity index (χ3n) is 3.81. The molecule has 0 spiro atoms. The summed E-state index contributed by atoms with van der Waals surface area (Å²) in [4.78, 5) is 10.7. The van der Waals surface area contributed by atoms with Crippen LogP contribution in [0.15, 0.2) is 16.5 Å². The van der Waals surface area contributed by atoms with Crippen molar-refractivity contribution in [3.05, 3.63) is 23.7 Å². The van der Waals surface area contributed by atoms with Crippen LogP contribution < -0.4 is 0 Å². The minimum absolute atomic E-state index is 0.0774. The van der Waals surface area contributed by atoms with Crippen molar-refractivity contribution in [1.82, 2.24) is 0 Å². The van der Waals surface area contributed by atoms with Crippen LogP contribution in [0.25, 0.3) is 0 Å². The Hall–Kier alpha value is -1.33. The number of rotatable bonds is 3. The summed E-state index contributed by atoms with van der Waals surface area (Å²) in [5.41, 5.74) is 0. The van der Waals surface area contributed by atoms with Gasteiger partial charge in [0.1, 0.15) is 11.9 Å². The van der Waals surface area contributed by atoms with E-state index in [1.165, 1.54) is 12.1 Å². The van der Waals surface area contributed by atoms with Crippen molar-refractivity contribution in [2.24, 2.45) is 11.8 Å². The number of aliphatic hydroxyl groups excluding tert-OH is 1. The zero-order valence-electron chi connectivity index (χ0n) is 10.7. The fourth-order valence-corrected chi connectivity index (χ4v) is 2.65. The maximum absolute atomic E-state index is 10.7. The van der Waals surface area contributed by atoms with Crippen molar-refractivity contribution in [3.63, 3.8) is 0 Å². The number of aliphatic hydroxyl groups is 1. The Kier molecular flexibility index (Phi) is 3.45. The SMILES string of the molecule is CC1OC(C)C(C(O)c2ccc(C(=O)O)o2)C1C. The molecule has 100 valence electrons. The Labute approximate surface area is 105 Å². The highest BCUT2D eigenvalue weighted by Gasteiger charge is 2.42. The van der Waals surface area contributed by atoms with Crippen molar-refractivity contribution >= 4 is 5.97 Å². The molecule has 5 nitrogen and oxygen atoms in total. The van der Waals surface area contributed by atoms with Crippen molar-refractivity contribution in [3.8, 4) is 0 Å². The minimum atomic E-state index is -1.13. The fraction of sp³-hybridized carbons (Fsp3) is 0.615. The molecule has 1 aromatic rings. The first-order valence-electron chi connectivity index (χ1n) is 6.08. The predicted octanol–water partition coefficient (Wildman–Crippen LogP) is 2.07. The summed E-state index contributed by atoms with van der Waals surface area (Å²) in [6.45, 7) is 5.90. The van der Waals surface area contributed by atoms with Crippen LogP contribution in [0.1, 0.15) is 43.2 Å². The number of carboxylic acids is 1. The zero-order chi connectivity index (χ0) is 13.4. The predicted molar refractivity (Wildman–Crippen MR) is 63.3 cm³/mol. The number of aromatic carboxylic acids is 1. The number of ether oxygens (including phenoxy) is 1. The fourth-order valence-electron chi connectivity index (χ4n) is 2.65. The van der Waals surface area contributed by atoms with E-state index in [-0.39, 0.29) is 35.6 Å². The van der Waals surface area contributed by atoms with Gasteiger partial charge in [-0.25, -0.2) is 4.79 Å². The highest BCUT2D eigenvalue weighted by Crippen LogP contribution is 2.40. The van der Waals surface area contributed by atoms with Crippen LogP contribution in [-0.4, -0.2) is 28.4 Å². The van der Waals surface area contributed by atoms with E-state index >= 15 is 0 Å². The molecule has 5 heteroatoms. The smallest absolute Gasteiger partial charge is 0.371 e. The van der Waals surface area contributed by atoms with Crippen LogP contribution in [0.2, 0.25) is 0 Å². The lowest BCUT2D eigenvalue weighted by atomic mass is 9.84. The van der Waals surface area contributed by atoms with E-state index in [1.807, 2.05) is 20.8 Å². The molecule has 1 aliphatic heterocycles. The first-order valence-corrected chi connectivity index (χ1v) is 6.08. The van der Waals surface area contributed by atoms with Gasteiger partial charge in [-0.05, 0) is 31.9 Å². The summed E-state index contributed by atoms with van der Waals surface area (Å²) in [5.74, 6) is -0.906. The van der Waals surface area contributed by atoms with Crippen LogP contribution in [0.3, 0.4) is 0 Å². The molecule has 0 aliphatic carbocycles. The molecule has 0 bridgehead atoms. The molecule has 0 radical (unpaired) electrons. The molecule has 0 amide bonds. The first kappa shape index (κ1) is 13.1. The van der Waals surface area contributed by atoms with Gasteiger partial charge in [0, 0.05) is 5.92 Å². The average Bonchev–Trinajstić information content (AvgIpc) is 2.85. The number of hydrogen-bond donors (Lipinski definition) is 2. The van der Waals surface area contributed by atoms with Gasteiger partial charge >= 0.3 is 5.97 Å². The monoisotopic (exact) mass is 254 g/mol. The second-order valence-electron chi connectivity index (χ2n) is 4.93. The largest absolute Gasteiger partial charge is 0.475 e. The molecular formula is C13H18O5. The van der Waals surface area contributed by atoms with Gasteiger partial charge in [0.2, 0.25) is 5.76 Å². The van der Waals surface area contributed by atoms with E-state index < -0.39 is 12.1 Å². The van der Waals surface area contributed by atoms with E-state index in [1.54, 1.807) is 0 Å². The van der Waals surface area contributed by atoms with Gasteiger partial charge in [0.05, 0.1) is 12.2 Å². The average molecular weight is 254 g/mol. The number of carboxylic acid groups (broad SMARTS) is 1. The molecule has 5 unspecified atom stereocenters. The quantitative estimate of drug-likeness (QED) is 0.863. The van der Waals surface area contributed by atoms with Gasteiger partial charge in [-0.2, -0.15) is 0 Å². The molecule has 2 N–H and O–H groups in total. The molecule has 1 aliphatic rings. The zero-order valence-corrected chi connectivity index (χ0v) is 10.7. The molecule has 0 aromatic carbocycles. The summed E-state index contributed by atoms with van der Waals surface area (Å²) in [6.07, 6.45) is -0.843. The lowest BCUT2D eigenvalue weighted by molar-refractivity contribution is 0.0150. The van der Waals surface area contributed by atoms with Crippen LogP contribution >= 0.6 is 0 Å². The van der Waals surface area contributed by atoms with E-state index in [2.05, 4.69) is 0 Å². The molecule has 18 heavy (non-hydrogen) atoms. The summed E-state index contributed by atoms with van der Waals surface area (Å²) in [6, 6.07) is 2.87. The highest BCUT2D eigenvalue weighted by molar-refractivity contribution is 5.84. The van der Waals surface area contributed by atoms with E-state index in [4.69, 9.17) is 14.3 Å². The van der Waals surface area contributed by atoms with Crippen molar-refractivity contribution in [2.75, 3.05) is 0 Å². The lowest BCUT2D eigenvalue weighted by Crippen LogP contribution is -2.24. The Morgan fingerprint density at radius 3 is 2.39 bits per heavy atom. The molecule has 0 saturated carbocycles. The van der Waals surface area contributed by atoms with Gasteiger partial charge in [-0.15, -0.1) is 0 Å². The Balaban J connectivity index is 2.20. The van der Waals surface area contributed by atoms with E-state index in [0.717, 1.165) is 0 Å². The summed E-state index contributed by atoms with van der Waals surface area (Å²) in [5, 5.41) is 19.1. The van der Waals surface area contributed by atoms with Crippen LogP contribution in [0, 0.1) is 11.8 Å². The number of carbonyl (C=O) groups is 1. The topological polar surface area (TPSA) is 79.9 Å². The maximum atomic E-state index is 10.7.